The first kappa shape index (κ1) is 20.2. The highest BCUT2D eigenvalue weighted by atomic mass is 79.9. The van der Waals surface area contributed by atoms with Gasteiger partial charge in [-0.25, -0.2) is 9.78 Å². The molecule has 7 heteroatoms. The summed E-state index contributed by atoms with van der Waals surface area (Å²) in [6.07, 6.45) is 0.519. The highest BCUT2D eigenvalue weighted by molar-refractivity contribution is 9.10. The van der Waals surface area contributed by atoms with Crippen LogP contribution in [0, 0.1) is 5.92 Å². The molecule has 2 atom stereocenters. The SMILES string of the molecule is C[C@H]1C[C@@H](NC(=O)OC(C)(C)C)CN(c2nc(Cl)cc3ccc(Br)cc23)C1. The second-order valence-corrected chi connectivity index (χ2v) is 9.53. The van der Waals surface area contributed by atoms with Crippen LogP contribution in [0.15, 0.2) is 28.7 Å². The summed E-state index contributed by atoms with van der Waals surface area (Å²) in [5.74, 6) is 1.25. The van der Waals surface area contributed by atoms with Gasteiger partial charge in [0, 0.05) is 22.9 Å². The van der Waals surface area contributed by atoms with Gasteiger partial charge in [0.25, 0.3) is 0 Å². The molecule has 1 aliphatic heterocycles. The van der Waals surface area contributed by atoms with Crippen LogP contribution in [-0.2, 0) is 4.74 Å². The van der Waals surface area contributed by atoms with E-state index in [1.165, 1.54) is 0 Å². The summed E-state index contributed by atoms with van der Waals surface area (Å²) < 4.78 is 6.40. The van der Waals surface area contributed by atoms with Gasteiger partial charge < -0.3 is 15.0 Å². The Kier molecular flexibility index (Phi) is 5.87. The maximum Gasteiger partial charge on any atom is 0.407 e. The summed E-state index contributed by atoms with van der Waals surface area (Å²) >= 11 is 9.81. The average Bonchev–Trinajstić information content (AvgIpc) is 2.52. The van der Waals surface area contributed by atoms with Crippen molar-refractivity contribution in [3.8, 4) is 0 Å². The monoisotopic (exact) mass is 453 g/mol. The van der Waals surface area contributed by atoms with Crippen molar-refractivity contribution in [3.63, 3.8) is 0 Å². The Labute approximate surface area is 173 Å². The molecule has 1 amide bonds. The quantitative estimate of drug-likeness (QED) is 0.618. The third-order valence-electron chi connectivity index (χ3n) is 4.42. The number of nitrogens with zero attached hydrogens (tertiary/aromatic N) is 2. The number of ether oxygens (including phenoxy) is 1. The van der Waals surface area contributed by atoms with Crippen LogP contribution < -0.4 is 10.2 Å². The van der Waals surface area contributed by atoms with Crippen molar-refractivity contribution >= 4 is 50.2 Å². The minimum absolute atomic E-state index is 0.00779. The van der Waals surface area contributed by atoms with Crippen molar-refractivity contribution in [2.24, 2.45) is 5.92 Å². The first-order chi connectivity index (χ1) is 12.6. The Morgan fingerprint density at radius 3 is 2.78 bits per heavy atom. The molecular weight excluding hydrogens is 430 g/mol. The molecule has 27 heavy (non-hydrogen) atoms. The van der Waals surface area contributed by atoms with Crippen LogP contribution in [0.4, 0.5) is 10.6 Å². The molecule has 2 aromatic rings. The average molecular weight is 455 g/mol. The summed E-state index contributed by atoms with van der Waals surface area (Å²) in [6, 6.07) is 7.95. The van der Waals surface area contributed by atoms with E-state index in [4.69, 9.17) is 16.3 Å². The van der Waals surface area contributed by atoms with E-state index in [2.05, 4.69) is 44.1 Å². The molecule has 1 saturated heterocycles. The van der Waals surface area contributed by atoms with Gasteiger partial charge in [0.15, 0.2) is 0 Å². The minimum atomic E-state index is -0.513. The predicted molar refractivity (Wildman–Crippen MR) is 114 cm³/mol. The molecule has 0 aliphatic carbocycles. The highest BCUT2D eigenvalue weighted by Crippen LogP contribution is 2.32. The fourth-order valence-corrected chi connectivity index (χ4v) is 4.07. The van der Waals surface area contributed by atoms with Crippen LogP contribution >= 0.6 is 27.5 Å². The molecule has 5 nitrogen and oxygen atoms in total. The number of rotatable bonds is 2. The molecule has 0 saturated carbocycles. The van der Waals surface area contributed by atoms with Crippen molar-refractivity contribution in [1.82, 2.24) is 10.3 Å². The molecule has 3 rings (SSSR count). The number of carbonyl (C=O) groups is 1. The van der Waals surface area contributed by atoms with Gasteiger partial charge in [-0.2, -0.15) is 0 Å². The number of piperidine rings is 1. The lowest BCUT2D eigenvalue weighted by molar-refractivity contribution is 0.0495. The van der Waals surface area contributed by atoms with E-state index in [0.717, 1.165) is 34.0 Å². The van der Waals surface area contributed by atoms with Crippen molar-refractivity contribution < 1.29 is 9.53 Å². The molecule has 1 aliphatic rings. The third kappa shape index (κ3) is 5.26. The largest absolute Gasteiger partial charge is 0.444 e. The second kappa shape index (κ2) is 7.84. The molecule has 1 N–H and O–H groups in total. The fourth-order valence-electron chi connectivity index (χ4n) is 3.51. The highest BCUT2D eigenvalue weighted by Gasteiger charge is 2.29. The summed E-state index contributed by atoms with van der Waals surface area (Å²) in [7, 11) is 0. The Morgan fingerprint density at radius 2 is 2.07 bits per heavy atom. The summed E-state index contributed by atoms with van der Waals surface area (Å²) in [4.78, 5) is 19.0. The van der Waals surface area contributed by atoms with Crippen LogP contribution in [0.2, 0.25) is 5.15 Å². The van der Waals surface area contributed by atoms with E-state index in [1.54, 1.807) is 0 Å². The number of fused-ring (bicyclic) bond motifs is 1. The predicted octanol–water partition coefficient (Wildman–Crippen LogP) is 5.39. The van der Waals surface area contributed by atoms with Gasteiger partial charge >= 0.3 is 6.09 Å². The topological polar surface area (TPSA) is 54.5 Å². The number of anilines is 1. The van der Waals surface area contributed by atoms with Gasteiger partial charge in [0.2, 0.25) is 0 Å². The Hall–Kier alpha value is -1.53. The van der Waals surface area contributed by atoms with Crippen molar-refractivity contribution in [2.45, 2.75) is 45.8 Å². The van der Waals surface area contributed by atoms with Crippen LogP contribution in [-0.4, -0.2) is 35.8 Å². The normalized spacial score (nSPS) is 20.6. The zero-order valence-electron chi connectivity index (χ0n) is 16.1. The van der Waals surface area contributed by atoms with Crippen LogP contribution in [0.3, 0.4) is 0 Å². The Morgan fingerprint density at radius 1 is 1.33 bits per heavy atom. The molecule has 0 unspecified atom stereocenters. The number of hydrogen-bond acceptors (Lipinski definition) is 4. The zero-order chi connectivity index (χ0) is 19.8. The van der Waals surface area contributed by atoms with Crippen molar-refractivity contribution in [1.29, 1.82) is 0 Å². The maximum atomic E-state index is 12.2. The zero-order valence-corrected chi connectivity index (χ0v) is 18.4. The number of alkyl carbamates (subject to hydrolysis) is 1. The van der Waals surface area contributed by atoms with Crippen LogP contribution in [0.1, 0.15) is 34.1 Å². The lowest BCUT2D eigenvalue weighted by Crippen LogP contribution is -2.51. The van der Waals surface area contributed by atoms with Gasteiger partial charge in [0.1, 0.15) is 16.6 Å². The molecule has 1 aromatic carbocycles. The molecule has 2 heterocycles. The maximum absolute atomic E-state index is 12.2. The van der Waals surface area contributed by atoms with E-state index in [1.807, 2.05) is 39.0 Å². The van der Waals surface area contributed by atoms with E-state index in [-0.39, 0.29) is 12.1 Å². The molecule has 1 aromatic heterocycles. The minimum Gasteiger partial charge on any atom is -0.444 e. The molecule has 0 radical (unpaired) electrons. The lowest BCUT2D eigenvalue weighted by Gasteiger charge is -2.38. The van der Waals surface area contributed by atoms with Gasteiger partial charge in [0.05, 0.1) is 6.04 Å². The van der Waals surface area contributed by atoms with E-state index >= 15 is 0 Å². The lowest BCUT2D eigenvalue weighted by atomic mass is 9.95. The van der Waals surface area contributed by atoms with Gasteiger partial charge in [-0.3, -0.25) is 0 Å². The first-order valence-corrected chi connectivity index (χ1v) is 10.3. The second-order valence-electron chi connectivity index (χ2n) is 8.22. The van der Waals surface area contributed by atoms with Crippen LogP contribution in [0.25, 0.3) is 10.8 Å². The number of hydrogen-bond donors (Lipinski definition) is 1. The number of benzene rings is 1. The van der Waals surface area contributed by atoms with Gasteiger partial charge in [-0.05, 0) is 56.7 Å². The Bertz CT molecular complexity index is 853. The van der Waals surface area contributed by atoms with Crippen molar-refractivity contribution in [2.75, 3.05) is 18.0 Å². The number of nitrogens with one attached hydrogen (secondary N) is 1. The molecular formula is C20H25BrClN3O2. The number of halogens is 2. The van der Waals surface area contributed by atoms with E-state index in [9.17, 15) is 4.79 Å². The van der Waals surface area contributed by atoms with E-state index < -0.39 is 5.60 Å². The Balaban J connectivity index is 1.85. The van der Waals surface area contributed by atoms with Gasteiger partial charge in [-0.1, -0.05) is 40.5 Å². The number of aromatic nitrogens is 1. The van der Waals surface area contributed by atoms with Crippen LogP contribution in [0.5, 0.6) is 0 Å². The number of pyridine rings is 1. The summed E-state index contributed by atoms with van der Waals surface area (Å²) in [6.45, 7) is 9.30. The van der Waals surface area contributed by atoms with E-state index in [0.29, 0.717) is 17.6 Å². The van der Waals surface area contributed by atoms with Gasteiger partial charge in [-0.15, -0.1) is 0 Å². The molecule has 1 fully saturated rings. The first-order valence-electron chi connectivity index (χ1n) is 9.11. The molecule has 0 spiro atoms. The van der Waals surface area contributed by atoms with Crippen molar-refractivity contribution in [3.05, 3.63) is 33.9 Å². The summed E-state index contributed by atoms with van der Waals surface area (Å²) in [5.41, 5.74) is -0.513. The number of carbonyl (C=O) groups excluding carboxylic acids is 1. The molecule has 0 bridgehead atoms. The third-order valence-corrected chi connectivity index (χ3v) is 5.11. The molecule has 146 valence electrons. The smallest absolute Gasteiger partial charge is 0.407 e. The standard InChI is InChI=1S/C20H25BrClN3O2/c1-12-7-15(23-19(26)27-20(2,3)4)11-25(10-12)18-16-9-14(21)6-5-13(16)8-17(22)24-18/h5-6,8-9,12,15H,7,10-11H2,1-4H3,(H,23,26)/t12-,15+/m0/s1. The fraction of sp³-hybridized carbons (Fsp3) is 0.500. The summed E-state index contributed by atoms with van der Waals surface area (Å²) in [5, 5.41) is 5.56. The number of amides is 1.